The van der Waals surface area contributed by atoms with E-state index in [1.54, 1.807) is 7.11 Å². The van der Waals surface area contributed by atoms with Crippen molar-refractivity contribution in [3.8, 4) is 0 Å². The minimum atomic E-state index is -0.465. The van der Waals surface area contributed by atoms with Crippen molar-refractivity contribution in [3.05, 3.63) is 35.9 Å². The molecule has 1 aliphatic carbocycles. The molecule has 1 aliphatic rings. The van der Waals surface area contributed by atoms with E-state index in [1.165, 1.54) is 0 Å². The van der Waals surface area contributed by atoms with Crippen molar-refractivity contribution in [1.82, 2.24) is 0 Å². The second kappa shape index (κ2) is 4.88. The maximum atomic E-state index is 12.1. The molecule has 0 amide bonds. The Kier molecular flexibility index (Phi) is 3.48. The van der Waals surface area contributed by atoms with E-state index in [2.05, 4.69) is 0 Å². The lowest BCUT2D eigenvalue weighted by Crippen LogP contribution is -2.26. The van der Waals surface area contributed by atoms with Crippen LogP contribution in [0.3, 0.4) is 0 Å². The normalized spacial score (nSPS) is 26.6. The summed E-state index contributed by atoms with van der Waals surface area (Å²) in [5, 5.41) is 0. The Morgan fingerprint density at radius 1 is 1.41 bits per heavy atom. The zero-order chi connectivity index (χ0) is 12.3. The van der Waals surface area contributed by atoms with Gasteiger partial charge in [-0.1, -0.05) is 30.3 Å². The molecule has 0 aromatic heterocycles. The Bertz CT molecular complexity index is 388. The van der Waals surface area contributed by atoms with Crippen molar-refractivity contribution in [2.75, 3.05) is 20.3 Å². The van der Waals surface area contributed by atoms with Gasteiger partial charge in [-0.05, 0) is 18.9 Å². The largest absolute Gasteiger partial charge is 0.465 e. The predicted molar refractivity (Wildman–Crippen MR) is 64.7 cm³/mol. The zero-order valence-electron chi connectivity index (χ0n) is 10.3. The van der Waals surface area contributed by atoms with E-state index >= 15 is 0 Å². The van der Waals surface area contributed by atoms with Crippen LogP contribution >= 0.6 is 0 Å². The third-order valence-electron chi connectivity index (χ3n) is 3.40. The molecule has 0 spiro atoms. The van der Waals surface area contributed by atoms with Gasteiger partial charge in [-0.2, -0.15) is 0 Å². The SMILES string of the molecule is CCOC(=O)[C@]1(c2ccccc2)C[C@H]1COC. The highest BCUT2D eigenvalue weighted by Gasteiger charge is 2.62. The highest BCUT2D eigenvalue weighted by atomic mass is 16.5. The third-order valence-corrected chi connectivity index (χ3v) is 3.40. The lowest BCUT2D eigenvalue weighted by atomic mass is 9.93. The summed E-state index contributed by atoms with van der Waals surface area (Å²) in [7, 11) is 1.67. The molecule has 92 valence electrons. The lowest BCUT2D eigenvalue weighted by Gasteiger charge is -2.16. The van der Waals surface area contributed by atoms with Gasteiger partial charge in [-0.3, -0.25) is 4.79 Å². The van der Waals surface area contributed by atoms with E-state index in [0.717, 1.165) is 12.0 Å². The third kappa shape index (κ3) is 2.07. The molecule has 0 saturated heterocycles. The van der Waals surface area contributed by atoms with Gasteiger partial charge in [-0.15, -0.1) is 0 Å². The van der Waals surface area contributed by atoms with Crippen LogP contribution in [0.25, 0.3) is 0 Å². The molecule has 1 saturated carbocycles. The molecule has 17 heavy (non-hydrogen) atoms. The summed E-state index contributed by atoms with van der Waals surface area (Å²) in [4.78, 5) is 12.1. The molecule has 0 N–H and O–H groups in total. The van der Waals surface area contributed by atoms with Crippen LogP contribution in [0.2, 0.25) is 0 Å². The van der Waals surface area contributed by atoms with Crippen molar-refractivity contribution in [2.45, 2.75) is 18.8 Å². The van der Waals surface area contributed by atoms with Gasteiger partial charge in [0.2, 0.25) is 0 Å². The Labute approximate surface area is 102 Å². The summed E-state index contributed by atoms with van der Waals surface area (Å²) in [6.45, 7) is 2.87. The maximum Gasteiger partial charge on any atom is 0.316 e. The van der Waals surface area contributed by atoms with Crippen LogP contribution in [-0.4, -0.2) is 26.3 Å². The Hall–Kier alpha value is -1.35. The average molecular weight is 234 g/mol. The van der Waals surface area contributed by atoms with Crippen LogP contribution in [0, 0.1) is 5.92 Å². The molecular weight excluding hydrogens is 216 g/mol. The number of methoxy groups -OCH3 is 1. The molecule has 1 aromatic rings. The molecule has 0 heterocycles. The number of ether oxygens (including phenoxy) is 2. The van der Waals surface area contributed by atoms with Crippen LogP contribution < -0.4 is 0 Å². The molecule has 1 aromatic carbocycles. The molecular formula is C14H18O3. The summed E-state index contributed by atoms with van der Waals surface area (Å²) in [5.41, 5.74) is 0.577. The van der Waals surface area contributed by atoms with Crippen LogP contribution in [0.15, 0.2) is 30.3 Å². The average Bonchev–Trinajstić information content (AvgIpc) is 3.07. The van der Waals surface area contributed by atoms with Crippen molar-refractivity contribution in [3.63, 3.8) is 0 Å². The van der Waals surface area contributed by atoms with Crippen molar-refractivity contribution in [1.29, 1.82) is 0 Å². The first-order chi connectivity index (χ1) is 8.25. The summed E-state index contributed by atoms with van der Waals surface area (Å²) in [5.74, 6) is 0.127. The second-order valence-corrected chi connectivity index (χ2v) is 4.41. The molecule has 0 bridgehead atoms. The van der Waals surface area contributed by atoms with Gasteiger partial charge in [0.05, 0.1) is 18.6 Å². The number of carbonyl (C=O) groups excluding carboxylic acids is 1. The summed E-state index contributed by atoms with van der Waals surface area (Å²) >= 11 is 0. The van der Waals surface area contributed by atoms with E-state index < -0.39 is 5.41 Å². The van der Waals surface area contributed by atoms with Crippen LogP contribution in [0.5, 0.6) is 0 Å². The minimum Gasteiger partial charge on any atom is -0.465 e. The van der Waals surface area contributed by atoms with Gasteiger partial charge >= 0.3 is 5.97 Å². The summed E-state index contributed by atoms with van der Waals surface area (Å²) in [6, 6.07) is 9.85. The fourth-order valence-corrected chi connectivity index (χ4v) is 2.45. The molecule has 3 nitrogen and oxygen atoms in total. The van der Waals surface area contributed by atoms with Gasteiger partial charge in [0.1, 0.15) is 0 Å². The highest BCUT2D eigenvalue weighted by Crippen LogP contribution is 2.55. The number of esters is 1. The van der Waals surface area contributed by atoms with Crippen molar-refractivity contribution < 1.29 is 14.3 Å². The lowest BCUT2D eigenvalue weighted by molar-refractivity contribution is -0.147. The number of hydrogen-bond donors (Lipinski definition) is 0. The Morgan fingerprint density at radius 3 is 2.71 bits per heavy atom. The van der Waals surface area contributed by atoms with E-state index in [1.807, 2.05) is 37.3 Å². The second-order valence-electron chi connectivity index (χ2n) is 4.41. The van der Waals surface area contributed by atoms with E-state index in [9.17, 15) is 4.79 Å². The molecule has 3 heteroatoms. The first kappa shape index (κ1) is 12.1. The fraction of sp³-hybridized carbons (Fsp3) is 0.500. The quantitative estimate of drug-likeness (QED) is 0.732. The highest BCUT2D eigenvalue weighted by molar-refractivity contribution is 5.87. The van der Waals surface area contributed by atoms with E-state index in [-0.39, 0.29) is 11.9 Å². The standard InChI is InChI=1S/C14H18O3/c1-3-17-13(15)14(9-12(14)10-16-2)11-7-5-4-6-8-11/h4-8,12H,3,9-10H2,1-2H3/t12-,14-/m0/s1. The maximum absolute atomic E-state index is 12.1. The number of carbonyl (C=O) groups is 1. The first-order valence-corrected chi connectivity index (χ1v) is 5.97. The summed E-state index contributed by atoms with van der Waals surface area (Å²) in [6.07, 6.45) is 0.823. The number of hydrogen-bond acceptors (Lipinski definition) is 3. The zero-order valence-corrected chi connectivity index (χ0v) is 10.3. The van der Waals surface area contributed by atoms with Gasteiger partial charge < -0.3 is 9.47 Å². The molecule has 2 atom stereocenters. The fourth-order valence-electron chi connectivity index (χ4n) is 2.45. The van der Waals surface area contributed by atoms with Crippen molar-refractivity contribution in [2.24, 2.45) is 5.92 Å². The van der Waals surface area contributed by atoms with E-state index in [4.69, 9.17) is 9.47 Å². The number of benzene rings is 1. The summed E-state index contributed by atoms with van der Waals surface area (Å²) < 4.78 is 10.4. The molecule has 1 fully saturated rings. The Balaban J connectivity index is 2.25. The monoisotopic (exact) mass is 234 g/mol. The Morgan fingerprint density at radius 2 is 2.12 bits per heavy atom. The van der Waals surface area contributed by atoms with Crippen LogP contribution in [0.4, 0.5) is 0 Å². The molecule has 2 rings (SSSR count). The molecule has 0 radical (unpaired) electrons. The first-order valence-electron chi connectivity index (χ1n) is 5.97. The molecule has 0 unspecified atom stereocenters. The number of rotatable bonds is 5. The van der Waals surface area contributed by atoms with Gasteiger partial charge in [-0.25, -0.2) is 0 Å². The topological polar surface area (TPSA) is 35.5 Å². The molecule has 0 aliphatic heterocycles. The van der Waals surface area contributed by atoms with E-state index in [0.29, 0.717) is 13.2 Å². The van der Waals surface area contributed by atoms with Gasteiger partial charge in [0, 0.05) is 13.0 Å². The minimum absolute atomic E-state index is 0.117. The van der Waals surface area contributed by atoms with Gasteiger partial charge in [0.15, 0.2) is 0 Å². The van der Waals surface area contributed by atoms with Crippen molar-refractivity contribution >= 4 is 5.97 Å². The predicted octanol–water partition coefficient (Wildman–Crippen LogP) is 2.15. The van der Waals surface area contributed by atoms with Crippen LogP contribution in [-0.2, 0) is 19.7 Å². The van der Waals surface area contributed by atoms with Gasteiger partial charge in [0.25, 0.3) is 0 Å². The van der Waals surface area contributed by atoms with Crippen LogP contribution in [0.1, 0.15) is 18.9 Å². The smallest absolute Gasteiger partial charge is 0.316 e.